The maximum atomic E-state index is 5.52. The second-order valence-corrected chi connectivity index (χ2v) is 5.92. The summed E-state index contributed by atoms with van der Waals surface area (Å²) < 4.78 is 0. The number of hydrogen-bond donors (Lipinski definition) is 1. The maximum absolute atomic E-state index is 5.52. The molecule has 1 aromatic rings. The van der Waals surface area contributed by atoms with Crippen molar-refractivity contribution in [2.45, 2.75) is 106 Å². The van der Waals surface area contributed by atoms with Gasteiger partial charge in [-0.05, 0) is 18.6 Å². The lowest BCUT2D eigenvalue weighted by Gasteiger charge is -1.93. The summed E-state index contributed by atoms with van der Waals surface area (Å²) in [6.07, 6.45) is 12.2. The normalized spacial score (nSPS) is 8.65. The quantitative estimate of drug-likeness (QED) is 0.525. The molecule has 1 aromatic carbocycles. The van der Waals surface area contributed by atoms with Crippen molar-refractivity contribution in [2.75, 3.05) is 5.73 Å². The van der Waals surface area contributed by atoms with Gasteiger partial charge in [-0.2, -0.15) is 0 Å². The number of para-hydroxylation sites is 1. The second kappa shape index (κ2) is 25.9. The molecule has 138 valence electrons. The first-order chi connectivity index (χ1) is 11.0. The number of unbranched alkanes of at least 4 members (excludes halogenated alkanes) is 6. The van der Waals surface area contributed by atoms with Crippen LogP contribution in [-0.4, -0.2) is 0 Å². The predicted molar refractivity (Wildman–Crippen MR) is 111 cm³/mol. The van der Waals surface area contributed by atoms with Crippen molar-refractivity contribution in [1.82, 2.24) is 0 Å². The third kappa shape index (κ3) is 29.6. The minimum atomic E-state index is 0.868. The van der Waals surface area contributed by atoms with Gasteiger partial charge in [-0.25, -0.2) is 0 Å². The van der Waals surface area contributed by atoms with E-state index in [1.54, 1.807) is 0 Å². The molecule has 0 unspecified atom stereocenters. The maximum Gasteiger partial charge on any atom is 0.0343 e. The molecule has 0 amide bonds. The van der Waals surface area contributed by atoms with Crippen LogP contribution in [0.2, 0.25) is 0 Å². The third-order valence-corrected chi connectivity index (χ3v) is 3.31. The number of nitrogen functional groups attached to an aromatic ring is 1. The Labute approximate surface area is 148 Å². The van der Waals surface area contributed by atoms with Crippen LogP contribution in [0.1, 0.15) is 105 Å². The number of benzene rings is 1. The van der Waals surface area contributed by atoms with Crippen LogP contribution >= 0.6 is 0 Å². The van der Waals surface area contributed by atoms with Crippen LogP contribution in [0, 0.1) is 6.92 Å². The van der Waals surface area contributed by atoms with E-state index in [0.29, 0.717) is 0 Å². The molecule has 0 aliphatic rings. The van der Waals surface area contributed by atoms with Gasteiger partial charge in [0, 0.05) is 5.69 Å². The highest BCUT2D eigenvalue weighted by Gasteiger charge is 1.84. The molecule has 0 aliphatic carbocycles. The summed E-state index contributed by atoms with van der Waals surface area (Å²) in [5, 5.41) is 0. The zero-order valence-corrected chi connectivity index (χ0v) is 17.3. The van der Waals surface area contributed by atoms with Crippen LogP contribution in [0.3, 0.4) is 0 Å². The van der Waals surface area contributed by atoms with E-state index < -0.39 is 0 Å². The standard InChI is InChI=1S/C7H9N.3C5H12/c1-6-4-2-3-5-7(6)8;3*1-3-5-4-2/h2-5H,8H2,1H3;3*3-5H2,1-2H3. The Hall–Kier alpha value is -0.980. The molecule has 0 saturated carbocycles. The van der Waals surface area contributed by atoms with Crippen LogP contribution in [0.15, 0.2) is 24.3 Å². The molecule has 0 spiro atoms. The van der Waals surface area contributed by atoms with Gasteiger partial charge in [0.2, 0.25) is 0 Å². The van der Waals surface area contributed by atoms with Gasteiger partial charge in [-0.15, -0.1) is 0 Å². The summed E-state index contributed by atoms with van der Waals surface area (Å²) in [4.78, 5) is 0. The first-order valence-corrected chi connectivity index (χ1v) is 9.86. The molecule has 0 atom stereocenters. The van der Waals surface area contributed by atoms with Crippen LogP contribution < -0.4 is 5.73 Å². The number of hydrogen-bond acceptors (Lipinski definition) is 1. The number of rotatable bonds is 6. The summed E-state index contributed by atoms with van der Waals surface area (Å²) >= 11 is 0. The molecular weight excluding hydrogens is 278 g/mol. The van der Waals surface area contributed by atoms with Crippen molar-refractivity contribution in [2.24, 2.45) is 0 Å². The van der Waals surface area contributed by atoms with E-state index in [0.717, 1.165) is 11.3 Å². The van der Waals surface area contributed by atoms with E-state index in [9.17, 15) is 0 Å². The summed E-state index contributed by atoms with van der Waals surface area (Å²) in [7, 11) is 0. The van der Waals surface area contributed by atoms with E-state index in [1.807, 2.05) is 31.2 Å². The first kappa shape index (κ1) is 26.9. The van der Waals surface area contributed by atoms with E-state index in [4.69, 9.17) is 5.73 Å². The summed E-state index contributed by atoms with van der Waals surface area (Å²) in [6.45, 7) is 15.3. The van der Waals surface area contributed by atoms with E-state index in [-0.39, 0.29) is 0 Å². The number of nitrogens with two attached hydrogens (primary N) is 1. The molecular formula is C22H45N. The Bertz CT molecular complexity index is 253. The van der Waals surface area contributed by atoms with Gasteiger partial charge < -0.3 is 5.73 Å². The fourth-order valence-corrected chi connectivity index (χ4v) is 1.65. The van der Waals surface area contributed by atoms with Crippen molar-refractivity contribution >= 4 is 5.69 Å². The van der Waals surface area contributed by atoms with Crippen LogP contribution in [0.5, 0.6) is 0 Å². The Balaban J connectivity index is -0.000000240. The van der Waals surface area contributed by atoms with Gasteiger partial charge in [-0.3, -0.25) is 0 Å². The minimum Gasteiger partial charge on any atom is -0.399 e. The molecule has 1 heteroatoms. The zero-order valence-electron chi connectivity index (χ0n) is 17.3. The lowest BCUT2D eigenvalue weighted by molar-refractivity contribution is 0.772. The van der Waals surface area contributed by atoms with Crippen molar-refractivity contribution < 1.29 is 0 Å². The Morgan fingerprint density at radius 1 is 0.609 bits per heavy atom. The molecule has 0 heterocycles. The van der Waals surface area contributed by atoms with E-state index in [1.165, 1.54) is 57.8 Å². The van der Waals surface area contributed by atoms with Gasteiger partial charge >= 0.3 is 0 Å². The van der Waals surface area contributed by atoms with Crippen molar-refractivity contribution in [3.05, 3.63) is 29.8 Å². The minimum absolute atomic E-state index is 0.868. The molecule has 0 bridgehead atoms. The first-order valence-electron chi connectivity index (χ1n) is 9.86. The lowest BCUT2D eigenvalue weighted by Crippen LogP contribution is -1.85. The fraction of sp³-hybridized carbons (Fsp3) is 0.727. The second-order valence-electron chi connectivity index (χ2n) is 5.92. The van der Waals surface area contributed by atoms with Gasteiger partial charge in [0.15, 0.2) is 0 Å². The smallest absolute Gasteiger partial charge is 0.0343 e. The lowest BCUT2D eigenvalue weighted by atomic mass is 10.2. The van der Waals surface area contributed by atoms with Crippen molar-refractivity contribution in [3.8, 4) is 0 Å². The van der Waals surface area contributed by atoms with Gasteiger partial charge in [0.1, 0.15) is 0 Å². The average Bonchev–Trinajstić information content (AvgIpc) is 2.54. The SMILES string of the molecule is CCCCC.CCCCC.CCCCC.Cc1ccccc1N. The highest BCUT2D eigenvalue weighted by Crippen LogP contribution is 2.06. The highest BCUT2D eigenvalue weighted by atomic mass is 14.5. The van der Waals surface area contributed by atoms with Crippen molar-refractivity contribution in [3.63, 3.8) is 0 Å². The summed E-state index contributed by atoms with van der Waals surface area (Å²) in [6, 6.07) is 7.80. The Morgan fingerprint density at radius 3 is 1.04 bits per heavy atom. The number of anilines is 1. The van der Waals surface area contributed by atoms with Gasteiger partial charge in [0.05, 0.1) is 0 Å². The van der Waals surface area contributed by atoms with Crippen LogP contribution in [0.4, 0.5) is 5.69 Å². The number of aryl methyl sites for hydroxylation is 1. The summed E-state index contributed by atoms with van der Waals surface area (Å²) in [5.41, 5.74) is 7.53. The molecule has 0 aromatic heterocycles. The third-order valence-electron chi connectivity index (χ3n) is 3.31. The average molecular weight is 324 g/mol. The molecule has 0 radical (unpaired) electrons. The Morgan fingerprint density at radius 2 is 0.913 bits per heavy atom. The molecule has 0 aliphatic heterocycles. The fourth-order valence-electron chi connectivity index (χ4n) is 1.65. The van der Waals surface area contributed by atoms with Crippen molar-refractivity contribution in [1.29, 1.82) is 0 Å². The predicted octanol–water partition coefficient (Wildman–Crippen LogP) is 8.17. The zero-order chi connectivity index (χ0) is 18.3. The van der Waals surface area contributed by atoms with Crippen LogP contribution in [-0.2, 0) is 0 Å². The van der Waals surface area contributed by atoms with E-state index in [2.05, 4.69) is 41.5 Å². The largest absolute Gasteiger partial charge is 0.399 e. The van der Waals surface area contributed by atoms with Gasteiger partial charge in [0.25, 0.3) is 0 Å². The molecule has 1 nitrogen and oxygen atoms in total. The highest BCUT2D eigenvalue weighted by molar-refractivity contribution is 5.44. The molecule has 2 N–H and O–H groups in total. The monoisotopic (exact) mass is 323 g/mol. The molecule has 1 rings (SSSR count). The Kier molecular flexibility index (Phi) is 30.3. The summed E-state index contributed by atoms with van der Waals surface area (Å²) in [5.74, 6) is 0. The topological polar surface area (TPSA) is 26.0 Å². The van der Waals surface area contributed by atoms with Crippen LogP contribution in [0.25, 0.3) is 0 Å². The molecule has 0 fully saturated rings. The molecule has 0 saturated heterocycles. The molecule has 23 heavy (non-hydrogen) atoms. The van der Waals surface area contributed by atoms with E-state index >= 15 is 0 Å². The van der Waals surface area contributed by atoms with Gasteiger partial charge in [-0.1, -0.05) is 118 Å².